The van der Waals surface area contributed by atoms with E-state index in [1.165, 1.54) is 0 Å². The first-order valence-corrected chi connectivity index (χ1v) is 6.74. The zero-order valence-electron chi connectivity index (χ0n) is 12.1. The Labute approximate surface area is 123 Å². The summed E-state index contributed by atoms with van der Waals surface area (Å²) in [6.07, 6.45) is 3.01. The Balaban J connectivity index is 1.83. The number of ether oxygens (including phenoxy) is 2. The number of nitrogens with one attached hydrogen (secondary N) is 2. The topological polar surface area (TPSA) is 46.3 Å². The van der Waals surface area contributed by atoms with Gasteiger partial charge in [0.15, 0.2) is 0 Å². The molecule has 107 valence electrons. The minimum atomic E-state index is 0.678. The van der Waals surface area contributed by atoms with E-state index < -0.39 is 0 Å². The third-order valence-corrected chi connectivity index (χ3v) is 3.49. The molecule has 0 aliphatic rings. The largest absolute Gasteiger partial charge is 0.497 e. The van der Waals surface area contributed by atoms with Crippen LogP contribution in [-0.4, -0.2) is 19.2 Å². The third-order valence-electron chi connectivity index (χ3n) is 3.49. The second-order valence-corrected chi connectivity index (χ2v) is 4.71. The van der Waals surface area contributed by atoms with Crippen LogP contribution in [0.25, 0.3) is 10.9 Å². The summed E-state index contributed by atoms with van der Waals surface area (Å²) in [4.78, 5) is 3.09. The lowest BCUT2D eigenvalue weighted by molar-refractivity contribution is 0.391. The lowest BCUT2D eigenvalue weighted by Crippen LogP contribution is -2.02. The molecule has 2 aromatic carbocycles. The number of hydrogen-bond acceptors (Lipinski definition) is 3. The molecule has 4 heteroatoms. The van der Waals surface area contributed by atoms with Crippen molar-refractivity contribution in [2.24, 2.45) is 0 Å². The molecule has 2 N–H and O–H groups in total. The van der Waals surface area contributed by atoms with Crippen LogP contribution >= 0.6 is 0 Å². The smallest absolute Gasteiger partial charge is 0.127 e. The fourth-order valence-corrected chi connectivity index (χ4v) is 2.36. The molecule has 3 aromatic rings. The number of H-pyrrole nitrogens is 1. The minimum absolute atomic E-state index is 0.678. The Morgan fingerprint density at radius 3 is 2.86 bits per heavy atom. The van der Waals surface area contributed by atoms with E-state index in [4.69, 9.17) is 9.47 Å². The molecule has 1 heterocycles. The Morgan fingerprint density at radius 1 is 1.14 bits per heavy atom. The first-order chi connectivity index (χ1) is 10.3. The van der Waals surface area contributed by atoms with Crippen LogP contribution in [0.3, 0.4) is 0 Å². The number of rotatable bonds is 5. The number of methoxy groups -OCH3 is 2. The van der Waals surface area contributed by atoms with Crippen molar-refractivity contribution in [3.8, 4) is 11.5 Å². The highest BCUT2D eigenvalue weighted by atomic mass is 16.5. The van der Waals surface area contributed by atoms with E-state index >= 15 is 0 Å². The van der Waals surface area contributed by atoms with Crippen molar-refractivity contribution in [3.63, 3.8) is 0 Å². The first kappa shape index (κ1) is 13.4. The summed E-state index contributed by atoms with van der Waals surface area (Å²) in [7, 11) is 3.32. The number of aromatic nitrogens is 1. The van der Waals surface area contributed by atoms with Crippen molar-refractivity contribution in [1.82, 2.24) is 4.98 Å². The van der Waals surface area contributed by atoms with Gasteiger partial charge in [-0.05, 0) is 30.3 Å². The molecule has 0 saturated carbocycles. The highest BCUT2D eigenvalue weighted by Crippen LogP contribution is 2.27. The van der Waals surface area contributed by atoms with Gasteiger partial charge in [0.25, 0.3) is 0 Å². The van der Waals surface area contributed by atoms with Crippen molar-refractivity contribution in [2.45, 2.75) is 6.54 Å². The SMILES string of the molecule is COc1ccc(CNc2cccc3[nH][c]cc23)c(OC)c1. The second kappa shape index (κ2) is 5.79. The molecular weight excluding hydrogens is 264 g/mol. The number of fused-ring (bicyclic) bond motifs is 1. The van der Waals surface area contributed by atoms with Crippen LogP contribution in [0.4, 0.5) is 5.69 Å². The Bertz CT molecular complexity index is 749. The highest BCUT2D eigenvalue weighted by molar-refractivity contribution is 5.91. The van der Waals surface area contributed by atoms with Gasteiger partial charge < -0.3 is 19.8 Å². The standard InChI is InChI=1S/C17H17N2O2/c1-20-13-7-6-12(17(10-13)21-2)11-19-16-5-3-4-15-14(16)8-9-18-15/h3-8,10,18-19H,11H2,1-2H3. The van der Waals surface area contributed by atoms with Crippen LogP contribution in [0.2, 0.25) is 0 Å². The van der Waals surface area contributed by atoms with Crippen molar-refractivity contribution in [1.29, 1.82) is 0 Å². The van der Waals surface area contributed by atoms with Crippen molar-refractivity contribution < 1.29 is 9.47 Å². The maximum atomic E-state index is 5.42. The molecule has 21 heavy (non-hydrogen) atoms. The molecule has 0 atom stereocenters. The monoisotopic (exact) mass is 281 g/mol. The van der Waals surface area contributed by atoms with Crippen LogP contribution in [0.15, 0.2) is 42.5 Å². The summed E-state index contributed by atoms with van der Waals surface area (Å²) in [6.45, 7) is 0.678. The van der Waals surface area contributed by atoms with Gasteiger partial charge in [-0.25, -0.2) is 0 Å². The predicted molar refractivity (Wildman–Crippen MR) is 84.0 cm³/mol. The van der Waals surface area contributed by atoms with Gasteiger partial charge in [-0.1, -0.05) is 6.07 Å². The zero-order valence-corrected chi connectivity index (χ0v) is 12.1. The maximum Gasteiger partial charge on any atom is 0.127 e. The van der Waals surface area contributed by atoms with E-state index in [0.717, 1.165) is 33.7 Å². The van der Waals surface area contributed by atoms with Gasteiger partial charge in [0.05, 0.1) is 20.4 Å². The van der Waals surface area contributed by atoms with Gasteiger partial charge in [0.1, 0.15) is 11.5 Å². The van der Waals surface area contributed by atoms with Crippen molar-refractivity contribution >= 4 is 16.6 Å². The van der Waals surface area contributed by atoms with Crippen LogP contribution in [0.1, 0.15) is 5.56 Å². The van der Waals surface area contributed by atoms with Gasteiger partial charge >= 0.3 is 0 Å². The lowest BCUT2D eigenvalue weighted by atomic mass is 10.1. The molecule has 0 bridgehead atoms. The Kier molecular flexibility index (Phi) is 3.69. The quantitative estimate of drug-likeness (QED) is 0.751. The molecule has 0 spiro atoms. The summed E-state index contributed by atoms with van der Waals surface area (Å²) in [5, 5.41) is 4.57. The highest BCUT2D eigenvalue weighted by Gasteiger charge is 2.06. The minimum Gasteiger partial charge on any atom is -0.497 e. The molecule has 0 amide bonds. The van der Waals surface area contributed by atoms with E-state index in [1.54, 1.807) is 14.2 Å². The summed E-state index contributed by atoms with van der Waals surface area (Å²) >= 11 is 0. The van der Waals surface area contributed by atoms with Gasteiger partial charge in [-0.15, -0.1) is 0 Å². The normalized spacial score (nSPS) is 10.6. The molecule has 0 aliphatic heterocycles. The Hall–Kier alpha value is -2.62. The maximum absolute atomic E-state index is 5.42. The fraction of sp³-hybridized carbons (Fsp3) is 0.176. The average molecular weight is 281 g/mol. The van der Waals surface area contributed by atoms with Crippen molar-refractivity contribution in [3.05, 3.63) is 54.2 Å². The van der Waals surface area contributed by atoms with Gasteiger partial charge in [0, 0.05) is 34.8 Å². The van der Waals surface area contributed by atoms with Gasteiger partial charge in [-0.3, -0.25) is 0 Å². The Morgan fingerprint density at radius 2 is 2.05 bits per heavy atom. The second-order valence-electron chi connectivity index (χ2n) is 4.71. The molecule has 1 aromatic heterocycles. The van der Waals surface area contributed by atoms with Gasteiger partial charge in [0.2, 0.25) is 0 Å². The number of anilines is 1. The van der Waals surface area contributed by atoms with E-state index in [9.17, 15) is 0 Å². The average Bonchev–Trinajstić information content (AvgIpc) is 3.01. The summed E-state index contributed by atoms with van der Waals surface area (Å²) in [6, 6.07) is 13.9. The van der Waals surface area contributed by atoms with E-state index in [0.29, 0.717) is 6.54 Å². The molecule has 3 rings (SSSR count). The molecule has 0 unspecified atom stereocenters. The molecule has 0 fully saturated rings. The summed E-state index contributed by atoms with van der Waals surface area (Å²) in [5.74, 6) is 1.60. The number of benzene rings is 2. The third kappa shape index (κ3) is 2.65. The fourth-order valence-electron chi connectivity index (χ4n) is 2.36. The van der Waals surface area contributed by atoms with Gasteiger partial charge in [-0.2, -0.15) is 0 Å². The lowest BCUT2D eigenvalue weighted by Gasteiger charge is -2.12. The van der Waals surface area contributed by atoms with E-state index in [2.05, 4.69) is 22.6 Å². The molecule has 0 aliphatic carbocycles. The first-order valence-electron chi connectivity index (χ1n) is 6.74. The molecule has 1 radical (unpaired) electrons. The molecule has 0 saturated heterocycles. The summed E-state index contributed by atoms with van der Waals surface area (Å²) in [5.41, 5.74) is 3.22. The number of aromatic amines is 1. The summed E-state index contributed by atoms with van der Waals surface area (Å²) < 4.78 is 10.6. The van der Waals surface area contributed by atoms with E-state index in [1.807, 2.05) is 36.4 Å². The van der Waals surface area contributed by atoms with Crippen LogP contribution < -0.4 is 14.8 Å². The molecule has 4 nitrogen and oxygen atoms in total. The van der Waals surface area contributed by atoms with Crippen LogP contribution in [0.5, 0.6) is 11.5 Å². The van der Waals surface area contributed by atoms with E-state index in [-0.39, 0.29) is 0 Å². The van der Waals surface area contributed by atoms with Crippen LogP contribution in [-0.2, 0) is 6.54 Å². The zero-order chi connectivity index (χ0) is 14.7. The number of hydrogen-bond donors (Lipinski definition) is 2. The van der Waals surface area contributed by atoms with Crippen LogP contribution in [0, 0.1) is 6.20 Å². The van der Waals surface area contributed by atoms with Crippen molar-refractivity contribution in [2.75, 3.05) is 19.5 Å². The predicted octanol–water partition coefficient (Wildman–Crippen LogP) is 3.60. The molecular formula is C17H17N2O2.